The van der Waals surface area contributed by atoms with Crippen LogP contribution in [0.2, 0.25) is 0 Å². The van der Waals surface area contributed by atoms with E-state index in [0.717, 1.165) is 30.3 Å². The van der Waals surface area contributed by atoms with E-state index in [2.05, 4.69) is 22.1 Å². The Morgan fingerprint density at radius 3 is 2.64 bits per heavy atom. The highest BCUT2D eigenvalue weighted by Crippen LogP contribution is 2.34. The predicted molar refractivity (Wildman–Crippen MR) is 97.3 cm³/mol. The molecular formula is C20H23F3N4O. The van der Waals surface area contributed by atoms with Gasteiger partial charge in [0, 0.05) is 37.9 Å². The summed E-state index contributed by atoms with van der Waals surface area (Å²) in [5.74, 6) is 0.418. The number of benzene rings is 1. The Bertz CT molecular complexity index is 849. The predicted octanol–water partition coefficient (Wildman–Crippen LogP) is 2.94. The first-order valence-electron chi connectivity index (χ1n) is 9.48. The number of piperidine rings is 1. The first-order valence-corrected chi connectivity index (χ1v) is 9.48. The smallest absolute Gasteiger partial charge is 0.339 e. The van der Waals surface area contributed by atoms with E-state index in [1.54, 1.807) is 4.90 Å². The topological polar surface area (TPSA) is 41.4 Å². The summed E-state index contributed by atoms with van der Waals surface area (Å²) in [5, 5.41) is 3.57. The van der Waals surface area contributed by atoms with Gasteiger partial charge in [0.15, 0.2) is 5.69 Å². The maximum Gasteiger partial charge on any atom is 0.435 e. The van der Waals surface area contributed by atoms with Gasteiger partial charge in [-0.1, -0.05) is 30.3 Å². The molecule has 1 amide bonds. The summed E-state index contributed by atoms with van der Waals surface area (Å²) in [5.41, 5.74) is 0.630. The molecule has 0 N–H and O–H groups in total. The zero-order valence-corrected chi connectivity index (χ0v) is 15.7. The molecule has 2 aromatic rings. The number of rotatable bonds is 4. The normalized spacial score (nSPS) is 22.6. The highest BCUT2D eigenvalue weighted by atomic mass is 19.4. The van der Waals surface area contributed by atoms with Gasteiger partial charge in [-0.3, -0.25) is 14.4 Å². The van der Waals surface area contributed by atoms with Crippen LogP contribution in [0.4, 0.5) is 13.2 Å². The van der Waals surface area contributed by atoms with Crippen LogP contribution < -0.4 is 0 Å². The van der Waals surface area contributed by atoms with Crippen LogP contribution in [0, 0.1) is 12.8 Å². The Kier molecular flexibility index (Phi) is 4.91. The van der Waals surface area contributed by atoms with Crippen molar-refractivity contribution in [3.05, 3.63) is 53.3 Å². The quantitative estimate of drug-likeness (QED) is 0.804. The Labute approximate surface area is 161 Å². The first kappa shape index (κ1) is 19.0. The zero-order valence-electron chi connectivity index (χ0n) is 15.7. The standard InChI is InChI=1S/C20H23F3N4O/c1-14-9-18(20(21,22)23)24-27(14)13-19(28)25-8-7-16-11-26(17(16)12-25)10-15-5-3-2-4-6-15/h2-6,9,16-17H,7-8,10-13H2,1H3/t16-,17-/m1/s1. The van der Waals surface area contributed by atoms with Crippen molar-refractivity contribution in [3.8, 4) is 0 Å². The number of hydrogen-bond acceptors (Lipinski definition) is 3. The molecule has 150 valence electrons. The molecule has 0 aliphatic carbocycles. The van der Waals surface area contributed by atoms with Gasteiger partial charge in [-0.05, 0) is 30.9 Å². The van der Waals surface area contributed by atoms with E-state index in [0.29, 0.717) is 30.7 Å². The largest absolute Gasteiger partial charge is 0.435 e. The van der Waals surface area contributed by atoms with Gasteiger partial charge in [-0.15, -0.1) is 0 Å². The molecule has 0 radical (unpaired) electrons. The molecule has 0 bridgehead atoms. The van der Waals surface area contributed by atoms with Crippen LogP contribution in [-0.4, -0.2) is 51.2 Å². The number of nitrogens with zero attached hydrogens (tertiary/aromatic N) is 4. The fourth-order valence-corrected chi connectivity index (χ4v) is 4.17. The number of aryl methyl sites for hydroxylation is 1. The van der Waals surface area contributed by atoms with Crippen molar-refractivity contribution in [2.24, 2.45) is 5.92 Å². The Morgan fingerprint density at radius 2 is 1.96 bits per heavy atom. The van der Waals surface area contributed by atoms with Gasteiger partial charge in [-0.25, -0.2) is 0 Å². The fraction of sp³-hybridized carbons (Fsp3) is 0.500. The second kappa shape index (κ2) is 7.24. The van der Waals surface area contributed by atoms with E-state index in [9.17, 15) is 18.0 Å². The molecule has 2 atom stereocenters. The van der Waals surface area contributed by atoms with Gasteiger partial charge in [0.05, 0.1) is 0 Å². The lowest BCUT2D eigenvalue weighted by Gasteiger charge is -2.53. The second-order valence-electron chi connectivity index (χ2n) is 7.70. The molecule has 1 aromatic carbocycles. The van der Waals surface area contributed by atoms with Crippen molar-refractivity contribution >= 4 is 5.91 Å². The highest BCUT2D eigenvalue weighted by molar-refractivity contribution is 5.76. The molecule has 4 rings (SSSR count). The van der Waals surface area contributed by atoms with Gasteiger partial charge in [0.2, 0.25) is 5.91 Å². The maximum atomic E-state index is 12.8. The van der Waals surface area contributed by atoms with Crippen molar-refractivity contribution in [2.45, 2.75) is 38.7 Å². The molecule has 0 unspecified atom stereocenters. The van der Waals surface area contributed by atoms with Gasteiger partial charge >= 0.3 is 6.18 Å². The van der Waals surface area contributed by atoms with Gasteiger partial charge in [0.1, 0.15) is 6.54 Å². The lowest BCUT2D eigenvalue weighted by Crippen LogP contribution is -2.64. The van der Waals surface area contributed by atoms with E-state index in [4.69, 9.17) is 0 Å². The minimum atomic E-state index is -4.50. The Balaban J connectivity index is 1.37. The number of hydrogen-bond donors (Lipinski definition) is 0. The summed E-state index contributed by atoms with van der Waals surface area (Å²) in [6.07, 6.45) is -3.56. The van der Waals surface area contributed by atoms with Crippen molar-refractivity contribution in [1.29, 1.82) is 0 Å². The molecule has 2 aliphatic rings. The number of carbonyl (C=O) groups excluding carboxylic acids is 1. The van der Waals surface area contributed by atoms with Crippen LogP contribution in [0.1, 0.15) is 23.4 Å². The number of amides is 1. The van der Waals surface area contributed by atoms with Crippen LogP contribution in [0.15, 0.2) is 36.4 Å². The Morgan fingerprint density at radius 1 is 1.21 bits per heavy atom. The summed E-state index contributed by atoms with van der Waals surface area (Å²) in [4.78, 5) is 16.8. The number of halogens is 3. The number of alkyl halides is 3. The SMILES string of the molecule is Cc1cc(C(F)(F)F)nn1CC(=O)N1CC[C@@H]2CN(Cc3ccccc3)[C@@H]2C1. The number of likely N-dealkylation sites (tertiary alicyclic amines) is 2. The van der Waals surface area contributed by atoms with Gasteiger partial charge < -0.3 is 4.90 Å². The molecule has 28 heavy (non-hydrogen) atoms. The number of carbonyl (C=O) groups is 1. The van der Waals surface area contributed by atoms with Crippen LogP contribution in [0.25, 0.3) is 0 Å². The molecule has 0 saturated carbocycles. The summed E-state index contributed by atoms with van der Waals surface area (Å²) in [7, 11) is 0. The summed E-state index contributed by atoms with van der Waals surface area (Å²) in [6.45, 7) is 4.56. The molecule has 1 aromatic heterocycles. The molecule has 8 heteroatoms. The average Bonchev–Trinajstić information content (AvgIpc) is 3.01. The molecule has 2 saturated heterocycles. The van der Waals surface area contributed by atoms with Crippen molar-refractivity contribution in [1.82, 2.24) is 19.6 Å². The third-order valence-corrected chi connectivity index (χ3v) is 5.80. The van der Waals surface area contributed by atoms with Gasteiger partial charge in [-0.2, -0.15) is 18.3 Å². The average molecular weight is 392 g/mol. The zero-order chi connectivity index (χ0) is 19.9. The first-order chi connectivity index (χ1) is 13.3. The lowest BCUT2D eigenvalue weighted by atomic mass is 9.82. The van der Waals surface area contributed by atoms with Crippen molar-refractivity contribution in [2.75, 3.05) is 19.6 Å². The van der Waals surface area contributed by atoms with E-state index >= 15 is 0 Å². The molecule has 5 nitrogen and oxygen atoms in total. The van der Waals surface area contributed by atoms with E-state index in [1.165, 1.54) is 12.5 Å². The molecular weight excluding hydrogens is 369 g/mol. The van der Waals surface area contributed by atoms with Crippen molar-refractivity contribution < 1.29 is 18.0 Å². The number of fused-ring (bicyclic) bond motifs is 1. The summed E-state index contributed by atoms with van der Waals surface area (Å²) in [6, 6.07) is 11.5. The molecule has 2 fully saturated rings. The van der Waals surface area contributed by atoms with Crippen LogP contribution in [0.5, 0.6) is 0 Å². The van der Waals surface area contributed by atoms with E-state index in [1.807, 2.05) is 18.2 Å². The van der Waals surface area contributed by atoms with Crippen LogP contribution >= 0.6 is 0 Å². The molecule has 2 aliphatic heterocycles. The van der Waals surface area contributed by atoms with Crippen molar-refractivity contribution in [3.63, 3.8) is 0 Å². The maximum absolute atomic E-state index is 12.8. The third-order valence-electron chi connectivity index (χ3n) is 5.80. The minimum absolute atomic E-state index is 0.155. The van der Waals surface area contributed by atoms with Crippen LogP contribution in [-0.2, 0) is 24.1 Å². The van der Waals surface area contributed by atoms with E-state index < -0.39 is 11.9 Å². The van der Waals surface area contributed by atoms with Crippen LogP contribution in [0.3, 0.4) is 0 Å². The van der Waals surface area contributed by atoms with Gasteiger partial charge in [0.25, 0.3) is 0 Å². The molecule has 3 heterocycles. The number of aromatic nitrogens is 2. The third kappa shape index (κ3) is 3.78. The summed E-state index contributed by atoms with van der Waals surface area (Å²) >= 11 is 0. The minimum Gasteiger partial charge on any atom is -0.339 e. The fourth-order valence-electron chi connectivity index (χ4n) is 4.17. The highest BCUT2D eigenvalue weighted by Gasteiger charge is 2.43. The Hall–Kier alpha value is -2.35. The monoisotopic (exact) mass is 392 g/mol. The lowest BCUT2D eigenvalue weighted by molar-refractivity contribution is -0.143. The van der Waals surface area contributed by atoms with E-state index in [-0.39, 0.29) is 12.5 Å². The molecule has 0 spiro atoms. The second-order valence-corrected chi connectivity index (χ2v) is 7.70. The summed E-state index contributed by atoms with van der Waals surface area (Å²) < 4.78 is 39.6.